The zero-order chi connectivity index (χ0) is 12.3. The van der Waals surface area contributed by atoms with Crippen LogP contribution in [0.1, 0.15) is 11.1 Å². The van der Waals surface area contributed by atoms with Gasteiger partial charge in [0.15, 0.2) is 0 Å². The maximum atomic E-state index is 13.3. The molecule has 0 aliphatic heterocycles. The molecule has 0 bridgehead atoms. The Balaban J connectivity index is 2.10. The molecule has 0 heterocycles. The summed E-state index contributed by atoms with van der Waals surface area (Å²) in [5, 5.41) is 3.10. The van der Waals surface area contributed by atoms with Crippen molar-refractivity contribution in [3.63, 3.8) is 0 Å². The Morgan fingerprint density at radius 1 is 1.00 bits per heavy atom. The van der Waals surface area contributed by atoms with Crippen LogP contribution >= 0.6 is 0 Å². The second-order valence-electron chi connectivity index (χ2n) is 3.90. The SMILES string of the molecule is Cc1c(F)cc(CNc2ccccc2)cc1F. The molecule has 2 aromatic carbocycles. The Morgan fingerprint density at radius 2 is 1.59 bits per heavy atom. The Labute approximate surface area is 99.1 Å². The lowest BCUT2D eigenvalue weighted by Crippen LogP contribution is -2.01. The number of hydrogen-bond acceptors (Lipinski definition) is 1. The third-order valence-corrected chi connectivity index (χ3v) is 2.61. The molecular weight excluding hydrogens is 220 g/mol. The van der Waals surface area contributed by atoms with Crippen LogP contribution in [-0.2, 0) is 6.54 Å². The number of benzene rings is 2. The van der Waals surface area contributed by atoms with E-state index in [4.69, 9.17) is 0 Å². The van der Waals surface area contributed by atoms with Gasteiger partial charge in [-0.15, -0.1) is 0 Å². The fourth-order valence-electron chi connectivity index (χ4n) is 1.56. The van der Waals surface area contributed by atoms with Crippen LogP contribution in [0.15, 0.2) is 42.5 Å². The number of halogens is 2. The Hall–Kier alpha value is -1.90. The minimum absolute atomic E-state index is 0.0634. The topological polar surface area (TPSA) is 12.0 Å². The van der Waals surface area contributed by atoms with Gasteiger partial charge in [0.05, 0.1) is 0 Å². The lowest BCUT2D eigenvalue weighted by molar-refractivity contribution is 0.565. The van der Waals surface area contributed by atoms with Gasteiger partial charge in [-0.05, 0) is 36.8 Å². The largest absolute Gasteiger partial charge is 0.381 e. The van der Waals surface area contributed by atoms with Crippen molar-refractivity contribution in [1.82, 2.24) is 0 Å². The summed E-state index contributed by atoms with van der Waals surface area (Å²) in [5.41, 5.74) is 1.58. The van der Waals surface area contributed by atoms with E-state index in [0.29, 0.717) is 12.1 Å². The van der Waals surface area contributed by atoms with E-state index in [1.165, 1.54) is 19.1 Å². The van der Waals surface area contributed by atoms with E-state index in [1.807, 2.05) is 30.3 Å². The van der Waals surface area contributed by atoms with Crippen molar-refractivity contribution in [3.8, 4) is 0 Å². The summed E-state index contributed by atoms with van der Waals surface area (Å²) < 4.78 is 26.6. The van der Waals surface area contributed by atoms with Gasteiger partial charge in [0, 0.05) is 17.8 Å². The second kappa shape index (κ2) is 4.95. The van der Waals surface area contributed by atoms with Crippen molar-refractivity contribution in [2.75, 3.05) is 5.32 Å². The third kappa shape index (κ3) is 2.81. The van der Waals surface area contributed by atoms with Crippen LogP contribution < -0.4 is 5.32 Å². The standard InChI is InChI=1S/C14H13F2N/c1-10-13(15)7-11(8-14(10)16)9-17-12-5-3-2-4-6-12/h2-8,17H,9H2,1H3. The van der Waals surface area contributed by atoms with E-state index in [-0.39, 0.29) is 5.56 Å². The lowest BCUT2D eigenvalue weighted by atomic mass is 10.1. The van der Waals surface area contributed by atoms with Crippen LogP contribution in [-0.4, -0.2) is 0 Å². The third-order valence-electron chi connectivity index (χ3n) is 2.61. The molecule has 0 aromatic heterocycles. The molecule has 1 nitrogen and oxygen atoms in total. The van der Waals surface area contributed by atoms with Crippen molar-refractivity contribution in [2.45, 2.75) is 13.5 Å². The molecular formula is C14H13F2N. The van der Waals surface area contributed by atoms with E-state index in [2.05, 4.69) is 5.32 Å². The monoisotopic (exact) mass is 233 g/mol. The first-order chi connectivity index (χ1) is 8.16. The van der Waals surface area contributed by atoms with E-state index in [1.54, 1.807) is 0 Å². The first-order valence-electron chi connectivity index (χ1n) is 5.40. The molecule has 2 rings (SSSR count). The average molecular weight is 233 g/mol. The molecule has 0 atom stereocenters. The molecule has 3 heteroatoms. The minimum atomic E-state index is -0.505. The lowest BCUT2D eigenvalue weighted by Gasteiger charge is -2.08. The molecule has 88 valence electrons. The zero-order valence-electron chi connectivity index (χ0n) is 9.50. The van der Waals surface area contributed by atoms with Crippen LogP contribution in [0, 0.1) is 18.6 Å². The summed E-state index contributed by atoms with van der Waals surface area (Å²) in [4.78, 5) is 0. The van der Waals surface area contributed by atoms with Gasteiger partial charge in [-0.1, -0.05) is 18.2 Å². The van der Waals surface area contributed by atoms with Crippen molar-refractivity contribution in [3.05, 3.63) is 65.2 Å². The van der Waals surface area contributed by atoms with E-state index in [0.717, 1.165) is 5.69 Å². The van der Waals surface area contributed by atoms with Crippen LogP contribution in [0.2, 0.25) is 0 Å². The highest BCUT2D eigenvalue weighted by Crippen LogP contribution is 2.15. The van der Waals surface area contributed by atoms with Crippen LogP contribution in [0.5, 0.6) is 0 Å². The Morgan fingerprint density at radius 3 is 2.18 bits per heavy atom. The summed E-state index contributed by atoms with van der Waals surface area (Å²) in [6, 6.07) is 12.2. The maximum absolute atomic E-state index is 13.3. The number of nitrogens with one attached hydrogen (secondary N) is 1. The minimum Gasteiger partial charge on any atom is -0.381 e. The summed E-state index contributed by atoms with van der Waals surface area (Å²) in [5.74, 6) is -1.01. The number of para-hydroxylation sites is 1. The van der Waals surface area contributed by atoms with Gasteiger partial charge in [-0.3, -0.25) is 0 Å². The van der Waals surface area contributed by atoms with Gasteiger partial charge < -0.3 is 5.32 Å². The number of anilines is 1. The predicted molar refractivity (Wildman–Crippen MR) is 64.9 cm³/mol. The second-order valence-corrected chi connectivity index (χ2v) is 3.90. The first-order valence-corrected chi connectivity index (χ1v) is 5.40. The van der Waals surface area contributed by atoms with Gasteiger partial charge >= 0.3 is 0 Å². The number of hydrogen-bond donors (Lipinski definition) is 1. The van der Waals surface area contributed by atoms with Crippen LogP contribution in [0.25, 0.3) is 0 Å². The van der Waals surface area contributed by atoms with E-state index in [9.17, 15) is 8.78 Å². The van der Waals surface area contributed by atoms with Gasteiger partial charge in [-0.2, -0.15) is 0 Å². The quantitative estimate of drug-likeness (QED) is 0.848. The van der Waals surface area contributed by atoms with Crippen molar-refractivity contribution in [1.29, 1.82) is 0 Å². The molecule has 0 radical (unpaired) electrons. The van der Waals surface area contributed by atoms with Crippen molar-refractivity contribution < 1.29 is 8.78 Å². The molecule has 17 heavy (non-hydrogen) atoms. The molecule has 1 N–H and O–H groups in total. The van der Waals surface area contributed by atoms with Gasteiger partial charge in [0.25, 0.3) is 0 Å². The summed E-state index contributed by atoms with van der Waals surface area (Å²) in [6.07, 6.45) is 0. The Kier molecular flexibility index (Phi) is 3.38. The molecule has 0 amide bonds. The normalized spacial score (nSPS) is 10.3. The molecule has 0 saturated carbocycles. The predicted octanol–water partition coefficient (Wildman–Crippen LogP) is 3.89. The number of rotatable bonds is 3. The van der Waals surface area contributed by atoms with Gasteiger partial charge in [0.2, 0.25) is 0 Å². The van der Waals surface area contributed by atoms with E-state index >= 15 is 0 Å². The van der Waals surface area contributed by atoms with Crippen LogP contribution in [0.4, 0.5) is 14.5 Å². The van der Waals surface area contributed by atoms with Crippen LogP contribution in [0.3, 0.4) is 0 Å². The average Bonchev–Trinajstić information content (AvgIpc) is 2.34. The fraction of sp³-hybridized carbons (Fsp3) is 0.143. The van der Waals surface area contributed by atoms with Crippen molar-refractivity contribution in [2.24, 2.45) is 0 Å². The van der Waals surface area contributed by atoms with Crippen molar-refractivity contribution >= 4 is 5.69 Å². The molecule has 0 aliphatic carbocycles. The molecule has 0 saturated heterocycles. The smallest absolute Gasteiger partial charge is 0.129 e. The zero-order valence-corrected chi connectivity index (χ0v) is 9.50. The highest BCUT2D eigenvalue weighted by Gasteiger charge is 2.06. The summed E-state index contributed by atoms with van der Waals surface area (Å²) >= 11 is 0. The highest BCUT2D eigenvalue weighted by molar-refractivity contribution is 5.43. The maximum Gasteiger partial charge on any atom is 0.129 e. The Bertz CT molecular complexity index is 486. The fourth-order valence-corrected chi connectivity index (χ4v) is 1.56. The van der Waals surface area contributed by atoms with Gasteiger partial charge in [0.1, 0.15) is 11.6 Å². The molecule has 0 unspecified atom stereocenters. The summed E-state index contributed by atoms with van der Waals surface area (Å²) in [6.45, 7) is 1.83. The molecule has 0 fully saturated rings. The first kappa shape index (κ1) is 11.6. The van der Waals surface area contributed by atoms with Gasteiger partial charge in [-0.25, -0.2) is 8.78 Å². The molecule has 0 aliphatic rings. The van der Waals surface area contributed by atoms with E-state index < -0.39 is 11.6 Å². The summed E-state index contributed by atoms with van der Waals surface area (Å²) in [7, 11) is 0. The molecule has 0 spiro atoms. The molecule has 2 aromatic rings. The highest BCUT2D eigenvalue weighted by atomic mass is 19.1.